The van der Waals surface area contributed by atoms with Gasteiger partial charge in [-0.15, -0.1) is 0 Å². The number of para-hydroxylation sites is 3. The molecule has 10 aromatic rings. The predicted molar refractivity (Wildman–Crippen MR) is 237 cm³/mol. The number of aromatic nitrogens is 1. The van der Waals surface area contributed by atoms with E-state index >= 15 is 0 Å². The molecule has 4 heteroatoms. The first-order chi connectivity index (χ1) is 27.8. The van der Waals surface area contributed by atoms with Gasteiger partial charge in [0.25, 0.3) is 0 Å². The zero-order valence-corrected chi connectivity index (χ0v) is 31.3. The lowest BCUT2D eigenvalue weighted by Crippen LogP contribution is -2.18. The van der Waals surface area contributed by atoms with Gasteiger partial charge >= 0.3 is 0 Å². The predicted octanol–water partition coefficient (Wildman–Crippen LogP) is 15.0. The second-order valence-electron chi connectivity index (χ2n) is 14.2. The first kappa shape index (κ1) is 32.4. The van der Waals surface area contributed by atoms with Crippen molar-refractivity contribution in [3.63, 3.8) is 0 Å². The lowest BCUT2D eigenvalue weighted by atomic mass is 9.98. The van der Waals surface area contributed by atoms with E-state index < -0.39 is 0 Å². The molecule has 1 aromatic heterocycles. The topological polar surface area (TPSA) is 11.4 Å². The Labute approximate surface area is 330 Å². The summed E-state index contributed by atoms with van der Waals surface area (Å²) >= 11 is 1.86. The summed E-state index contributed by atoms with van der Waals surface area (Å²) in [5, 5.41) is 6.17. The lowest BCUT2D eigenvalue weighted by molar-refractivity contribution is 1.03. The van der Waals surface area contributed by atoms with Gasteiger partial charge < -0.3 is 4.90 Å². The Kier molecular flexibility index (Phi) is 7.75. The molecule has 56 heavy (non-hydrogen) atoms. The van der Waals surface area contributed by atoms with E-state index in [1.54, 1.807) is 0 Å². The largest absolute Gasteiger partial charge is 0.310 e. The third kappa shape index (κ3) is 5.30. The minimum Gasteiger partial charge on any atom is -0.310 e. The van der Waals surface area contributed by atoms with Gasteiger partial charge in [0.05, 0.1) is 21.8 Å². The molecule has 0 atom stereocenters. The molecule has 0 saturated carbocycles. The van der Waals surface area contributed by atoms with Crippen LogP contribution >= 0.6 is 11.8 Å². The summed E-state index contributed by atoms with van der Waals surface area (Å²) in [6.45, 7) is 0. The normalized spacial score (nSPS) is 12.2. The van der Waals surface area contributed by atoms with Gasteiger partial charge in [0.2, 0.25) is 0 Å². The Balaban J connectivity index is 1.15. The van der Waals surface area contributed by atoms with Gasteiger partial charge in [0.1, 0.15) is 5.82 Å². The summed E-state index contributed by atoms with van der Waals surface area (Å²) < 4.78 is 2.42. The minimum absolute atomic E-state index is 1.10. The monoisotopic (exact) mass is 733 g/mol. The second-order valence-corrected chi connectivity index (χ2v) is 15.2. The van der Waals surface area contributed by atoms with E-state index in [4.69, 9.17) is 0 Å². The van der Waals surface area contributed by atoms with Gasteiger partial charge in [-0.05, 0) is 94.0 Å². The number of anilines is 6. The van der Waals surface area contributed by atoms with Crippen molar-refractivity contribution in [2.75, 3.05) is 9.80 Å². The summed E-state index contributed by atoms with van der Waals surface area (Å²) in [7, 11) is 0. The molecular weight excluding hydrogens is 699 g/mol. The third-order valence-electron chi connectivity index (χ3n) is 10.9. The summed E-state index contributed by atoms with van der Waals surface area (Å²) in [6.07, 6.45) is 0. The molecule has 0 unspecified atom stereocenters. The molecule has 3 nitrogen and oxygen atoms in total. The van der Waals surface area contributed by atoms with Crippen molar-refractivity contribution in [3.05, 3.63) is 212 Å². The highest BCUT2D eigenvalue weighted by Gasteiger charge is 2.32. The maximum absolute atomic E-state index is 2.45. The fourth-order valence-electron chi connectivity index (χ4n) is 8.39. The SMILES string of the molecule is c1ccc(-c2ccc(N(c3ccc4c(c3)Sc3c(n(-c5ccccc5)c5ccccc35)N4c3ccccc3)c3cc4ccccc4c4ccccc34)cc2)cc1. The number of hydrogen-bond donors (Lipinski definition) is 0. The molecule has 0 spiro atoms. The Morgan fingerprint density at radius 1 is 0.411 bits per heavy atom. The number of hydrogen-bond acceptors (Lipinski definition) is 3. The first-order valence-corrected chi connectivity index (χ1v) is 19.8. The smallest absolute Gasteiger partial charge is 0.137 e. The highest BCUT2D eigenvalue weighted by Crippen LogP contribution is 2.57. The van der Waals surface area contributed by atoms with Crippen LogP contribution in [0.4, 0.5) is 34.3 Å². The van der Waals surface area contributed by atoms with Gasteiger partial charge in [0, 0.05) is 38.4 Å². The van der Waals surface area contributed by atoms with Gasteiger partial charge in [-0.25, -0.2) is 0 Å². The van der Waals surface area contributed by atoms with Gasteiger partial charge in [-0.3, -0.25) is 9.47 Å². The van der Waals surface area contributed by atoms with E-state index in [1.165, 1.54) is 53.4 Å². The van der Waals surface area contributed by atoms with E-state index in [0.717, 1.165) is 39.9 Å². The van der Waals surface area contributed by atoms with E-state index in [9.17, 15) is 0 Å². The molecular formula is C52H35N3S. The minimum atomic E-state index is 1.10. The van der Waals surface area contributed by atoms with Crippen molar-refractivity contribution in [1.29, 1.82) is 0 Å². The quantitative estimate of drug-likeness (QED) is 0.158. The molecule has 1 aliphatic heterocycles. The van der Waals surface area contributed by atoms with Crippen LogP contribution in [0.25, 0.3) is 49.3 Å². The molecule has 11 rings (SSSR count). The van der Waals surface area contributed by atoms with Crippen LogP contribution in [0.15, 0.2) is 222 Å². The number of rotatable bonds is 6. The zero-order chi connectivity index (χ0) is 37.0. The number of nitrogens with zero attached hydrogens (tertiary/aromatic N) is 3. The Hall–Kier alpha value is -7.01. The van der Waals surface area contributed by atoms with Crippen LogP contribution in [-0.2, 0) is 0 Å². The van der Waals surface area contributed by atoms with Crippen molar-refractivity contribution in [2.24, 2.45) is 0 Å². The molecule has 0 bridgehead atoms. The highest BCUT2D eigenvalue weighted by molar-refractivity contribution is 8.00. The van der Waals surface area contributed by atoms with Gasteiger partial charge in [0.15, 0.2) is 0 Å². The Morgan fingerprint density at radius 3 is 1.73 bits per heavy atom. The summed E-state index contributed by atoms with van der Waals surface area (Å²) in [4.78, 5) is 7.33. The number of fused-ring (bicyclic) bond motifs is 7. The molecule has 0 radical (unpaired) electrons. The molecule has 0 saturated heterocycles. The fraction of sp³-hybridized carbons (Fsp3) is 0. The second kappa shape index (κ2) is 13.4. The average molecular weight is 734 g/mol. The average Bonchev–Trinajstić information content (AvgIpc) is 3.60. The van der Waals surface area contributed by atoms with E-state index in [-0.39, 0.29) is 0 Å². The molecule has 264 valence electrons. The van der Waals surface area contributed by atoms with Gasteiger partial charge in [-0.2, -0.15) is 0 Å². The maximum atomic E-state index is 2.45. The standard InChI is InChI=1S/C52H35N3S/c1-4-16-36(17-5-1)37-28-30-41(31-29-37)53(49-34-38-18-10-11-23-43(38)44-24-12-13-25-45(44)49)42-32-33-48-50(35-42)56-51-46-26-14-15-27-47(46)54(39-19-6-2-7-20-39)52(51)55(48)40-21-8-3-9-22-40/h1-35H. The maximum Gasteiger partial charge on any atom is 0.137 e. The molecule has 0 aliphatic carbocycles. The molecule has 0 fully saturated rings. The number of benzene rings is 9. The van der Waals surface area contributed by atoms with Gasteiger partial charge in [-0.1, -0.05) is 157 Å². The molecule has 0 N–H and O–H groups in total. The Bertz CT molecular complexity index is 3050. The van der Waals surface area contributed by atoms with Crippen LogP contribution in [-0.4, -0.2) is 4.57 Å². The molecule has 2 heterocycles. The molecule has 9 aromatic carbocycles. The van der Waals surface area contributed by atoms with Crippen molar-refractivity contribution < 1.29 is 0 Å². The zero-order valence-electron chi connectivity index (χ0n) is 30.5. The molecule has 0 amide bonds. The summed E-state index contributed by atoms with van der Waals surface area (Å²) in [5.41, 5.74) is 10.4. The van der Waals surface area contributed by atoms with Crippen LogP contribution in [0.5, 0.6) is 0 Å². The van der Waals surface area contributed by atoms with Crippen molar-refractivity contribution in [1.82, 2.24) is 4.57 Å². The highest BCUT2D eigenvalue weighted by atomic mass is 32.2. The van der Waals surface area contributed by atoms with Crippen LogP contribution in [0.1, 0.15) is 0 Å². The van der Waals surface area contributed by atoms with Crippen molar-refractivity contribution >= 4 is 78.5 Å². The van der Waals surface area contributed by atoms with Crippen LogP contribution in [0, 0.1) is 0 Å². The summed E-state index contributed by atoms with van der Waals surface area (Å²) in [5.74, 6) is 1.16. The van der Waals surface area contributed by atoms with Crippen molar-refractivity contribution in [2.45, 2.75) is 9.79 Å². The van der Waals surface area contributed by atoms with Crippen LogP contribution in [0.2, 0.25) is 0 Å². The van der Waals surface area contributed by atoms with E-state index in [1.807, 2.05) is 11.8 Å². The van der Waals surface area contributed by atoms with Crippen molar-refractivity contribution in [3.8, 4) is 16.8 Å². The molecule has 1 aliphatic rings. The first-order valence-electron chi connectivity index (χ1n) is 19.0. The fourth-order valence-corrected chi connectivity index (χ4v) is 9.61. The lowest BCUT2D eigenvalue weighted by Gasteiger charge is -2.34. The van der Waals surface area contributed by atoms with Crippen LogP contribution < -0.4 is 9.80 Å². The summed E-state index contributed by atoms with van der Waals surface area (Å²) in [6, 6.07) is 76.9. The van der Waals surface area contributed by atoms with E-state index in [0.29, 0.717) is 0 Å². The third-order valence-corrected chi connectivity index (χ3v) is 12.1. The van der Waals surface area contributed by atoms with E-state index in [2.05, 4.69) is 227 Å². The Morgan fingerprint density at radius 2 is 0.982 bits per heavy atom. The van der Waals surface area contributed by atoms with Crippen LogP contribution in [0.3, 0.4) is 0 Å².